The normalized spacial score (nSPS) is 10.2. The van der Waals surface area contributed by atoms with Crippen molar-refractivity contribution in [3.05, 3.63) is 60.2 Å². The quantitative estimate of drug-likeness (QED) is 0.645. The molecule has 2 rings (SSSR count). The molecule has 0 saturated carbocycles. The minimum Gasteiger partial charge on any atom is -0.497 e. The Morgan fingerprint density at radius 2 is 1.75 bits per heavy atom. The van der Waals surface area contributed by atoms with E-state index < -0.39 is 0 Å². The Morgan fingerprint density at radius 3 is 2.42 bits per heavy atom. The summed E-state index contributed by atoms with van der Waals surface area (Å²) in [7, 11) is 3.19. The van der Waals surface area contributed by atoms with E-state index in [-0.39, 0.29) is 11.0 Å². The second-order valence-corrected chi connectivity index (χ2v) is 5.19. The van der Waals surface area contributed by atoms with Crippen LogP contribution in [0.3, 0.4) is 0 Å². The molecule has 1 amide bonds. The van der Waals surface area contributed by atoms with Gasteiger partial charge >= 0.3 is 0 Å². The van der Waals surface area contributed by atoms with Gasteiger partial charge in [-0.3, -0.25) is 10.1 Å². The standard InChI is InChI=1S/C18H18N2O3S/c1-22-15-9-6-13(7-10-15)8-11-17(21)20-18(24)19-14-4-3-5-16(12-14)23-2/h3-12H,1-2H3,(H2,19,20,21,24)/b11-8+. The molecule has 0 saturated heterocycles. The maximum Gasteiger partial charge on any atom is 0.250 e. The van der Waals surface area contributed by atoms with Gasteiger partial charge in [0.2, 0.25) is 5.91 Å². The minimum absolute atomic E-state index is 0.215. The molecular formula is C18H18N2O3S. The van der Waals surface area contributed by atoms with Gasteiger partial charge in [-0.15, -0.1) is 0 Å². The van der Waals surface area contributed by atoms with Crippen LogP contribution in [0.4, 0.5) is 5.69 Å². The Bertz CT molecular complexity index is 742. The third-order valence-electron chi connectivity index (χ3n) is 3.11. The first-order chi connectivity index (χ1) is 11.6. The molecule has 0 bridgehead atoms. The van der Waals surface area contributed by atoms with Gasteiger partial charge in [-0.1, -0.05) is 18.2 Å². The number of amides is 1. The second kappa shape index (κ2) is 8.69. The minimum atomic E-state index is -0.314. The molecule has 124 valence electrons. The molecule has 6 heteroatoms. The number of hydrogen-bond acceptors (Lipinski definition) is 4. The summed E-state index contributed by atoms with van der Waals surface area (Å²) in [6.07, 6.45) is 3.12. The molecule has 0 radical (unpaired) electrons. The summed E-state index contributed by atoms with van der Waals surface area (Å²) in [5.74, 6) is 1.15. The summed E-state index contributed by atoms with van der Waals surface area (Å²) in [6.45, 7) is 0. The number of methoxy groups -OCH3 is 2. The highest BCUT2D eigenvalue weighted by Gasteiger charge is 2.02. The van der Waals surface area contributed by atoms with Crippen molar-refractivity contribution in [1.82, 2.24) is 5.32 Å². The lowest BCUT2D eigenvalue weighted by Gasteiger charge is -2.09. The van der Waals surface area contributed by atoms with Crippen LogP contribution in [-0.4, -0.2) is 25.2 Å². The molecule has 0 aromatic heterocycles. The summed E-state index contributed by atoms with van der Waals surface area (Å²) >= 11 is 5.12. The molecule has 2 N–H and O–H groups in total. The summed E-state index contributed by atoms with van der Waals surface area (Å²) in [5.41, 5.74) is 1.62. The molecule has 24 heavy (non-hydrogen) atoms. The fourth-order valence-electron chi connectivity index (χ4n) is 1.90. The van der Waals surface area contributed by atoms with Gasteiger partial charge in [-0.2, -0.15) is 0 Å². The Balaban J connectivity index is 1.88. The first-order valence-electron chi connectivity index (χ1n) is 7.19. The number of hydrogen-bond donors (Lipinski definition) is 2. The zero-order chi connectivity index (χ0) is 17.4. The summed E-state index contributed by atoms with van der Waals surface area (Å²) in [6, 6.07) is 14.6. The Hall–Kier alpha value is -2.86. The lowest BCUT2D eigenvalue weighted by molar-refractivity contribution is -0.115. The van der Waals surface area contributed by atoms with E-state index in [4.69, 9.17) is 21.7 Å². The van der Waals surface area contributed by atoms with Crippen molar-refractivity contribution in [1.29, 1.82) is 0 Å². The number of thiocarbonyl (C=S) groups is 1. The first-order valence-corrected chi connectivity index (χ1v) is 7.59. The molecule has 0 aliphatic rings. The number of nitrogens with one attached hydrogen (secondary N) is 2. The second-order valence-electron chi connectivity index (χ2n) is 4.78. The third-order valence-corrected chi connectivity index (χ3v) is 3.31. The van der Waals surface area contributed by atoms with E-state index in [2.05, 4.69) is 10.6 Å². The van der Waals surface area contributed by atoms with Crippen LogP contribution in [0.15, 0.2) is 54.6 Å². The molecule has 0 unspecified atom stereocenters. The van der Waals surface area contributed by atoms with Crippen molar-refractivity contribution < 1.29 is 14.3 Å². The van der Waals surface area contributed by atoms with Gasteiger partial charge in [0, 0.05) is 17.8 Å². The molecular weight excluding hydrogens is 324 g/mol. The van der Waals surface area contributed by atoms with Crippen LogP contribution in [-0.2, 0) is 4.79 Å². The number of rotatable bonds is 5. The van der Waals surface area contributed by atoms with Gasteiger partial charge in [-0.25, -0.2) is 0 Å². The van der Waals surface area contributed by atoms with E-state index in [1.54, 1.807) is 26.4 Å². The van der Waals surface area contributed by atoms with Gasteiger partial charge in [0.15, 0.2) is 5.11 Å². The van der Waals surface area contributed by atoms with Crippen molar-refractivity contribution >= 4 is 35.0 Å². The van der Waals surface area contributed by atoms with E-state index in [0.717, 1.165) is 17.0 Å². The predicted octanol–water partition coefficient (Wildman–Crippen LogP) is 3.23. The highest BCUT2D eigenvalue weighted by atomic mass is 32.1. The number of benzene rings is 2. The van der Waals surface area contributed by atoms with E-state index in [0.29, 0.717) is 5.75 Å². The molecule has 0 aliphatic carbocycles. The van der Waals surface area contributed by atoms with Gasteiger partial charge < -0.3 is 14.8 Å². The molecule has 5 nitrogen and oxygen atoms in total. The van der Waals surface area contributed by atoms with E-state index in [9.17, 15) is 4.79 Å². The zero-order valence-electron chi connectivity index (χ0n) is 13.4. The largest absolute Gasteiger partial charge is 0.497 e. The van der Waals surface area contributed by atoms with E-state index in [1.807, 2.05) is 42.5 Å². The van der Waals surface area contributed by atoms with Crippen LogP contribution in [0.2, 0.25) is 0 Å². The number of carbonyl (C=O) groups is 1. The van der Waals surface area contributed by atoms with Gasteiger partial charge in [0.05, 0.1) is 14.2 Å². The van der Waals surface area contributed by atoms with Crippen LogP contribution in [0, 0.1) is 0 Å². The molecule has 2 aromatic carbocycles. The maximum atomic E-state index is 11.9. The number of ether oxygens (including phenoxy) is 2. The third kappa shape index (κ3) is 5.40. The molecule has 0 spiro atoms. The average Bonchev–Trinajstić information content (AvgIpc) is 2.60. The van der Waals surface area contributed by atoms with Gasteiger partial charge in [0.25, 0.3) is 0 Å². The lowest BCUT2D eigenvalue weighted by Crippen LogP contribution is -2.32. The average molecular weight is 342 g/mol. The monoisotopic (exact) mass is 342 g/mol. The lowest BCUT2D eigenvalue weighted by atomic mass is 10.2. The molecule has 0 aliphatic heterocycles. The van der Waals surface area contributed by atoms with E-state index in [1.165, 1.54) is 6.08 Å². The maximum absolute atomic E-state index is 11.9. The van der Waals surface area contributed by atoms with Gasteiger partial charge in [-0.05, 0) is 48.1 Å². The van der Waals surface area contributed by atoms with Crippen LogP contribution in [0.5, 0.6) is 11.5 Å². The number of anilines is 1. The van der Waals surface area contributed by atoms with Crippen molar-refractivity contribution in [3.63, 3.8) is 0 Å². The summed E-state index contributed by atoms with van der Waals surface area (Å²) in [4.78, 5) is 11.9. The number of carbonyl (C=O) groups excluding carboxylic acids is 1. The van der Waals surface area contributed by atoms with Crippen molar-refractivity contribution in [2.45, 2.75) is 0 Å². The molecule has 2 aromatic rings. The van der Waals surface area contributed by atoms with Crippen LogP contribution in [0.1, 0.15) is 5.56 Å². The first kappa shape index (κ1) is 17.5. The van der Waals surface area contributed by atoms with Crippen molar-refractivity contribution in [3.8, 4) is 11.5 Å². The Morgan fingerprint density at radius 1 is 1.04 bits per heavy atom. The Labute approximate surface area is 146 Å². The predicted molar refractivity (Wildman–Crippen MR) is 99.4 cm³/mol. The summed E-state index contributed by atoms with van der Waals surface area (Å²) < 4.78 is 10.2. The van der Waals surface area contributed by atoms with Crippen LogP contribution < -0.4 is 20.1 Å². The zero-order valence-corrected chi connectivity index (χ0v) is 14.2. The van der Waals surface area contributed by atoms with Gasteiger partial charge in [0.1, 0.15) is 11.5 Å². The molecule has 0 fully saturated rings. The molecule has 0 heterocycles. The highest BCUT2D eigenvalue weighted by molar-refractivity contribution is 7.80. The highest BCUT2D eigenvalue weighted by Crippen LogP contribution is 2.16. The van der Waals surface area contributed by atoms with E-state index >= 15 is 0 Å². The van der Waals surface area contributed by atoms with Crippen LogP contribution in [0.25, 0.3) is 6.08 Å². The fourth-order valence-corrected chi connectivity index (χ4v) is 2.12. The SMILES string of the molecule is COc1ccc(/C=C/C(=O)NC(=S)Nc2cccc(OC)c2)cc1. The summed E-state index contributed by atoms with van der Waals surface area (Å²) in [5, 5.41) is 5.73. The Kier molecular flexibility index (Phi) is 6.33. The smallest absolute Gasteiger partial charge is 0.250 e. The fraction of sp³-hybridized carbons (Fsp3) is 0.111. The molecule has 0 atom stereocenters. The van der Waals surface area contributed by atoms with Crippen molar-refractivity contribution in [2.75, 3.05) is 19.5 Å². The van der Waals surface area contributed by atoms with Crippen molar-refractivity contribution in [2.24, 2.45) is 0 Å². The van der Waals surface area contributed by atoms with Crippen LogP contribution >= 0.6 is 12.2 Å². The topological polar surface area (TPSA) is 59.6 Å².